The first kappa shape index (κ1) is 36.6. The molecule has 222 valence electrons. The highest BCUT2D eigenvalue weighted by molar-refractivity contribution is 5.69. The standard InChI is InChI=1S/C35H58O4/c1-3-5-7-9-10-11-12-13-14-15-16-17-18-19-20-22-28-32-35(38)39-33(29-25-21-8-6-4-2)30-26-23-24-27-31-34(36)37/h5,7,10-11,13-14,16-17,19-20,33H,3-4,6,8-9,12,15,18,21-32H2,1-2H3,(H,36,37)/b7-5-,11-10-,14-13-,17-16-,20-19-. The van der Waals surface area contributed by atoms with E-state index in [0.29, 0.717) is 6.42 Å². The van der Waals surface area contributed by atoms with Gasteiger partial charge >= 0.3 is 11.9 Å². The second-order valence-electron chi connectivity index (χ2n) is 10.3. The van der Waals surface area contributed by atoms with Crippen molar-refractivity contribution >= 4 is 11.9 Å². The van der Waals surface area contributed by atoms with Gasteiger partial charge in [0.15, 0.2) is 0 Å². The molecule has 1 unspecified atom stereocenters. The van der Waals surface area contributed by atoms with E-state index >= 15 is 0 Å². The molecule has 1 atom stereocenters. The predicted molar refractivity (Wildman–Crippen MR) is 167 cm³/mol. The Morgan fingerprint density at radius 2 is 1.08 bits per heavy atom. The average Bonchev–Trinajstić information content (AvgIpc) is 2.91. The van der Waals surface area contributed by atoms with Gasteiger partial charge in [-0.1, -0.05) is 113 Å². The molecule has 0 spiro atoms. The molecule has 0 rings (SSSR count). The molecule has 0 fully saturated rings. The normalized spacial score (nSPS) is 13.1. The van der Waals surface area contributed by atoms with Crippen LogP contribution in [0.5, 0.6) is 0 Å². The number of rotatable bonds is 27. The maximum Gasteiger partial charge on any atom is 0.306 e. The highest BCUT2D eigenvalue weighted by Crippen LogP contribution is 2.17. The van der Waals surface area contributed by atoms with Crippen LogP contribution in [0.25, 0.3) is 0 Å². The summed E-state index contributed by atoms with van der Waals surface area (Å²) in [6.45, 7) is 4.37. The zero-order valence-corrected chi connectivity index (χ0v) is 25.2. The summed E-state index contributed by atoms with van der Waals surface area (Å²) >= 11 is 0. The first-order chi connectivity index (χ1) is 19.1. The number of hydrogen-bond acceptors (Lipinski definition) is 3. The average molecular weight is 543 g/mol. The van der Waals surface area contributed by atoms with Crippen LogP contribution in [-0.2, 0) is 14.3 Å². The molecule has 0 aromatic carbocycles. The van der Waals surface area contributed by atoms with Crippen molar-refractivity contribution < 1.29 is 19.4 Å². The molecule has 0 amide bonds. The van der Waals surface area contributed by atoms with Gasteiger partial charge in [0.05, 0.1) is 0 Å². The fraction of sp³-hybridized carbons (Fsp3) is 0.657. The molecular formula is C35H58O4. The Balaban J connectivity index is 4.04. The fourth-order valence-corrected chi connectivity index (χ4v) is 4.22. The number of carbonyl (C=O) groups is 2. The lowest BCUT2D eigenvalue weighted by Gasteiger charge is -2.18. The van der Waals surface area contributed by atoms with E-state index in [0.717, 1.165) is 89.9 Å². The lowest BCUT2D eigenvalue weighted by Crippen LogP contribution is -2.18. The van der Waals surface area contributed by atoms with Crippen LogP contribution in [0.1, 0.15) is 142 Å². The summed E-state index contributed by atoms with van der Waals surface area (Å²) in [5, 5.41) is 8.76. The van der Waals surface area contributed by atoms with Gasteiger partial charge in [-0.2, -0.15) is 0 Å². The maximum absolute atomic E-state index is 12.4. The smallest absolute Gasteiger partial charge is 0.306 e. The van der Waals surface area contributed by atoms with E-state index in [1.807, 2.05) is 0 Å². The third kappa shape index (κ3) is 30.0. The number of ether oxygens (including phenoxy) is 1. The molecule has 0 aliphatic heterocycles. The molecule has 0 bridgehead atoms. The Morgan fingerprint density at radius 1 is 0.590 bits per heavy atom. The minimum absolute atomic E-state index is 0.00676. The number of hydrogen-bond donors (Lipinski definition) is 1. The van der Waals surface area contributed by atoms with Crippen LogP contribution < -0.4 is 0 Å². The molecule has 1 N–H and O–H groups in total. The van der Waals surface area contributed by atoms with E-state index in [4.69, 9.17) is 9.84 Å². The van der Waals surface area contributed by atoms with Gasteiger partial charge in [-0.3, -0.25) is 9.59 Å². The minimum Gasteiger partial charge on any atom is -0.481 e. The second kappa shape index (κ2) is 30.2. The van der Waals surface area contributed by atoms with Gasteiger partial charge in [-0.25, -0.2) is 0 Å². The highest BCUT2D eigenvalue weighted by Gasteiger charge is 2.14. The topological polar surface area (TPSA) is 63.6 Å². The summed E-state index contributed by atoms with van der Waals surface area (Å²) in [6.07, 6.45) is 40.9. The first-order valence-corrected chi connectivity index (χ1v) is 15.8. The molecular weight excluding hydrogens is 484 g/mol. The molecule has 39 heavy (non-hydrogen) atoms. The van der Waals surface area contributed by atoms with Gasteiger partial charge in [0.1, 0.15) is 6.10 Å². The van der Waals surface area contributed by atoms with Crippen molar-refractivity contribution in [2.24, 2.45) is 0 Å². The third-order valence-corrected chi connectivity index (χ3v) is 6.50. The Hall–Kier alpha value is -2.36. The SMILES string of the molecule is CC/C=C\C/C=C\C/C=C\C/C=C\C/C=C\CCCC(=O)OC(CCCCCCC)CCCCCCC(=O)O. The van der Waals surface area contributed by atoms with E-state index in [9.17, 15) is 9.59 Å². The molecule has 4 heteroatoms. The fourth-order valence-electron chi connectivity index (χ4n) is 4.22. The monoisotopic (exact) mass is 542 g/mol. The van der Waals surface area contributed by atoms with Crippen LogP contribution in [0.15, 0.2) is 60.8 Å². The number of unbranched alkanes of at least 4 members (excludes halogenated alkanes) is 8. The summed E-state index contributed by atoms with van der Waals surface area (Å²) in [6, 6.07) is 0. The predicted octanol–water partition coefficient (Wildman–Crippen LogP) is 10.6. The summed E-state index contributed by atoms with van der Waals surface area (Å²) < 4.78 is 5.85. The quantitative estimate of drug-likeness (QED) is 0.0637. The minimum atomic E-state index is -0.724. The number of aliphatic carboxylic acids is 1. The van der Waals surface area contributed by atoms with E-state index in [2.05, 4.69) is 74.6 Å². The molecule has 0 saturated carbocycles. The summed E-state index contributed by atoms with van der Waals surface area (Å²) in [7, 11) is 0. The van der Waals surface area contributed by atoms with Gasteiger partial charge in [-0.05, 0) is 77.0 Å². The van der Waals surface area contributed by atoms with Gasteiger partial charge in [-0.15, -0.1) is 0 Å². The summed E-state index contributed by atoms with van der Waals surface area (Å²) in [5.74, 6) is -0.801. The maximum atomic E-state index is 12.4. The van der Waals surface area contributed by atoms with Gasteiger partial charge in [0.25, 0.3) is 0 Å². The molecule has 0 aliphatic rings. The van der Waals surface area contributed by atoms with Crippen molar-refractivity contribution in [3.63, 3.8) is 0 Å². The molecule has 0 aliphatic carbocycles. The Kier molecular flexibility index (Phi) is 28.4. The van der Waals surface area contributed by atoms with E-state index in [1.165, 1.54) is 25.7 Å². The second-order valence-corrected chi connectivity index (χ2v) is 10.3. The van der Waals surface area contributed by atoms with E-state index in [1.54, 1.807) is 0 Å². The van der Waals surface area contributed by atoms with Crippen molar-refractivity contribution in [2.75, 3.05) is 0 Å². The summed E-state index contributed by atoms with van der Waals surface area (Å²) in [4.78, 5) is 23.1. The van der Waals surface area contributed by atoms with E-state index < -0.39 is 5.97 Å². The zero-order valence-electron chi connectivity index (χ0n) is 25.2. The van der Waals surface area contributed by atoms with Crippen LogP contribution in [-0.4, -0.2) is 23.1 Å². The van der Waals surface area contributed by atoms with Gasteiger partial charge in [0.2, 0.25) is 0 Å². The zero-order chi connectivity index (χ0) is 28.7. The van der Waals surface area contributed by atoms with Crippen LogP contribution >= 0.6 is 0 Å². The van der Waals surface area contributed by atoms with Crippen molar-refractivity contribution in [1.29, 1.82) is 0 Å². The molecule has 0 saturated heterocycles. The number of carboxylic acids is 1. The highest BCUT2D eigenvalue weighted by atomic mass is 16.5. The van der Waals surface area contributed by atoms with Crippen molar-refractivity contribution in [3.8, 4) is 0 Å². The van der Waals surface area contributed by atoms with Crippen LogP contribution in [0, 0.1) is 0 Å². The molecule has 0 heterocycles. The first-order valence-electron chi connectivity index (χ1n) is 15.8. The Bertz CT molecular complexity index is 714. The van der Waals surface area contributed by atoms with E-state index in [-0.39, 0.29) is 18.5 Å². The molecule has 0 aromatic rings. The Labute approximate surface area is 240 Å². The van der Waals surface area contributed by atoms with Crippen LogP contribution in [0.2, 0.25) is 0 Å². The van der Waals surface area contributed by atoms with Gasteiger partial charge < -0.3 is 9.84 Å². The van der Waals surface area contributed by atoms with Crippen molar-refractivity contribution in [2.45, 2.75) is 148 Å². The third-order valence-electron chi connectivity index (χ3n) is 6.50. The summed E-state index contributed by atoms with van der Waals surface area (Å²) in [5.41, 5.74) is 0. The largest absolute Gasteiger partial charge is 0.481 e. The lowest BCUT2D eigenvalue weighted by molar-refractivity contribution is -0.150. The number of carboxylic acid groups (broad SMARTS) is 1. The van der Waals surface area contributed by atoms with Crippen LogP contribution in [0.4, 0.5) is 0 Å². The molecule has 0 radical (unpaired) electrons. The van der Waals surface area contributed by atoms with Crippen molar-refractivity contribution in [1.82, 2.24) is 0 Å². The van der Waals surface area contributed by atoms with Gasteiger partial charge in [0, 0.05) is 12.8 Å². The Morgan fingerprint density at radius 3 is 1.59 bits per heavy atom. The van der Waals surface area contributed by atoms with Crippen molar-refractivity contribution in [3.05, 3.63) is 60.8 Å². The van der Waals surface area contributed by atoms with Crippen LogP contribution in [0.3, 0.4) is 0 Å². The lowest BCUT2D eigenvalue weighted by atomic mass is 10.0. The number of carbonyl (C=O) groups excluding carboxylic acids is 1. The number of esters is 1. The molecule has 4 nitrogen and oxygen atoms in total. The number of allylic oxidation sites excluding steroid dienone is 10. The molecule has 0 aromatic heterocycles.